The molecule has 0 unspecified atom stereocenters. The van der Waals surface area contributed by atoms with Crippen molar-refractivity contribution in [1.29, 1.82) is 0 Å². The second kappa shape index (κ2) is 3.80. The average molecular weight is 237 g/mol. The highest BCUT2D eigenvalue weighted by Gasteiger charge is 2.16. The van der Waals surface area contributed by atoms with Crippen LogP contribution in [0.25, 0.3) is 0 Å². The highest BCUT2D eigenvalue weighted by Crippen LogP contribution is 2.28. The lowest BCUT2D eigenvalue weighted by Gasteiger charge is -2.07. The molecule has 0 aliphatic rings. The van der Waals surface area contributed by atoms with Gasteiger partial charge < -0.3 is 5.73 Å². The van der Waals surface area contributed by atoms with Crippen LogP contribution in [0, 0.1) is 0 Å². The van der Waals surface area contributed by atoms with Crippen molar-refractivity contribution in [3.05, 3.63) is 23.5 Å². The molecule has 66 valence electrons. The van der Waals surface area contributed by atoms with Gasteiger partial charge in [-0.3, -0.25) is 4.98 Å². The van der Waals surface area contributed by atoms with Gasteiger partial charge in [-0.25, -0.2) is 8.78 Å². The summed E-state index contributed by atoms with van der Waals surface area (Å²) in [7, 11) is 0. The summed E-state index contributed by atoms with van der Waals surface area (Å²) in [4.78, 5) is 3.77. The van der Waals surface area contributed by atoms with Crippen molar-refractivity contribution in [1.82, 2.24) is 4.98 Å². The lowest BCUT2D eigenvalue weighted by Crippen LogP contribution is -2.01. The first kappa shape index (κ1) is 9.38. The summed E-state index contributed by atoms with van der Waals surface area (Å²) >= 11 is 3.06. The Hall–Kier alpha value is -0.710. The Balaban J connectivity index is 3.20. The van der Waals surface area contributed by atoms with E-state index in [-0.39, 0.29) is 16.6 Å². The van der Waals surface area contributed by atoms with Gasteiger partial charge in [-0.1, -0.05) is 15.9 Å². The zero-order valence-corrected chi connectivity index (χ0v) is 7.68. The third kappa shape index (κ3) is 1.72. The zero-order valence-electron chi connectivity index (χ0n) is 6.10. The smallest absolute Gasteiger partial charge is 0.267 e. The molecule has 0 aliphatic heterocycles. The maximum atomic E-state index is 12.3. The van der Waals surface area contributed by atoms with Crippen LogP contribution in [-0.2, 0) is 5.33 Å². The molecule has 0 spiro atoms. The van der Waals surface area contributed by atoms with E-state index >= 15 is 0 Å². The van der Waals surface area contributed by atoms with Gasteiger partial charge in [0.2, 0.25) is 0 Å². The third-order valence-corrected chi connectivity index (χ3v) is 1.98. The van der Waals surface area contributed by atoms with Gasteiger partial charge in [0.25, 0.3) is 6.43 Å². The molecule has 1 rings (SSSR count). The van der Waals surface area contributed by atoms with E-state index in [1.54, 1.807) is 0 Å². The van der Waals surface area contributed by atoms with Crippen LogP contribution in [0.1, 0.15) is 17.7 Å². The summed E-state index contributed by atoms with van der Waals surface area (Å²) < 4.78 is 24.7. The van der Waals surface area contributed by atoms with Gasteiger partial charge in [0, 0.05) is 17.2 Å². The van der Waals surface area contributed by atoms with Gasteiger partial charge >= 0.3 is 0 Å². The summed E-state index contributed by atoms with van der Waals surface area (Å²) in [5.74, 6) is 0. The molecule has 0 aliphatic carbocycles. The average Bonchev–Trinajstić information content (AvgIpc) is 2.03. The summed E-state index contributed by atoms with van der Waals surface area (Å²) in [5, 5.41) is 0.289. The number of nitrogen functional groups attached to an aromatic ring is 1. The molecule has 2 nitrogen and oxygen atoms in total. The van der Waals surface area contributed by atoms with Crippen LogP contribution in [0.2, 0.25) is 0 Å². The summed E-state index contributed by atoms with van der Waals surface area (Å²) in [6.45, 7) is 0. The van der Waals surface area contributed by atoms with Crippen molar-refractivity contribution in [3.63, 3.8) is 0 Å². The Morgan fingerprint density at radius 2 is 2.25 bits per heavy atom. The molecular formula is C7H7BrF2N2. The van der Waals surface area contributed by atoms with Crippen molar-refractivity contribution >= 4 is 21.6 Å². The maximum absolute atomic E-state index is 12.3. The Labute approximate surface area is 76.9 Å². The SMILES string of the molecule is Nc1ccnc(CBr)c1C(F)F. The van der Waals surface area contributed by atoms with Crippen LogP contribution in [0.5, 0.6) is 0 Å². The molecule has 1 aromatic rings. The highest BCUT2D eigenvalue weighted by atomic mass is 79.9. The standard InChI is InChI=1S/C7H7BrF2N2/c8-3-5-6(7(9)10)4(11)1-2-12-5/h1-2,7H,3H2,(H2,11,12). The molecule has 0 aromatic carbocycles. The largest absolute Gasteiger partial charge is 0.398 e. The first-order valence-electron chi connectivity index (χ1n) is 3.24. The predicted octanol–water partition coefficient (Wildman–Crippen LogP) is 2.50. The minimum absolute atomic E-state index is 0.0921. The third-order valence-electron chi connectivity index (χ3n) is 1.45. The minimum atomic E-state index is -2.56. The van der Waals surface area contributed by atoms with Crippen molar-refractivity contribution in [3.8, 4) is 0 Å². The van der Waals surface area contributed by atoms with Crippen molar-refractivity contribution < 1.29 is 8.78 Å². The molecule has 12 heavy (non-hydrogen) atoms. The fourth-order valence-corrected chi connectivity index (χ4v) is 1.34. The van der Waals surface area contributed by atoms with Crippen LogP contribution < -0.4 is 5.73 Å². The zero-order chi connectivity index (χ0) is 9.14. The van der Waals surface area contributed by atoms with Gasteiger partial charge in [0.15, 0.2) is 0 Å². The van der Waals surface area contributed by atoms with Gasteiger partial charge in [-0.05, 0) is 6.07 Å². The van der Waals surface area contributed by atoms with Gasteiger partial charge in [-0.2, -0.15) is 0 Å². The lowest BCUT2D eigenvalue weighted by atomic mass is 10.2. The molecule has 0 atom stereocenters. The van der Waals surface area contributed by atoms with E-state index in [1.165, 1.54) is 12.3 Å². The number of pyridine rings is 1. The Kier molecular flexibility index (Phi) is 2.97. The Morgan fingerprint density at radius 3 is 2.67 bits per heavy atom. The number of anilines is 1. The number of halogens is 3. The van der Waals surface area contributed by atoms with E-state index in [2.05, 4.69) is 20.9 Å². The maximum Gasteiger partial charge on any atom is 0.267 e. The van der Waals surface area contributed by atoms with Crippen molar-refractivity contribution in [2.24, 2.45) is 0 Å². The van der Waals surface area contributed by atoms with E-state index in [9.17, 15) is 8.78 Å². The van der Waals surface area contributed by atoms with E-state index < -0.39 is 6.43 Å². The molecule has 1 aromatic heterocycles. The molecule has 0 amide bonds. The lowest BCUT2D eigenvalue weighted by molar-refractivity contribution is 0.151. The molecule has 0 radical (unpaired) electrons. The first-order chi connectivity index (χ1) is 5.66. The quantitative estimate of drug-likeness (QED) is 0.802. The Morgan fingerprint density at radius 1 is 1.58 bits per heavy atom. The predicted molar refractivity (Wildman–Crippen MR) is 46.2 cm³/mol. The molecule has 5 heteroatoms. The van der Waals surface area contributed by atoms with E-state index in [1.807, 2.05) is 0 Å². The minimum Gasteiger partial charge on any atom is -0.398 e. The number of aromatic nitrogens is 1. The van der Waals surface area contributed by atoms with Gasteiger partial charge in [0.1, 0.15) is 0 Å². The molecule has 0 saturated carbocycles. The van der Waals surface area contributed by atoms with E-state index in [0.29, 0.717) is 5.69 Å². The molecule has 2 N–H and O–H groups in total. The number of hydrogen-bond donors (Lipinski definition) is 1. The van der Waals surface area contributed by atoms with Crippen LogP contribution in [0.3, 0.4) is 0 Å². The molecular weight excluding hydrogens is 230 g/mol. The van der Waals surface area contributed by atoms with Gasteiger partial charge in [0.05, 0.1) is 11.3 Å². The first-order valence-corrected chi connectivity index (χ1v) is 4.36. The topological polar surface area (TPSA) is 38.9 Å². The van der Waals surface area contributed by atoms with E-state index in [4.69, 9.17) is 5.73 Å². The molecule has 0 bridgehead atoms. The van der Waals surface area contributed by atoms with Crippen LogP contribution in [0.4, 0.5) is 14.5 Å². The fourth-order valence-electron chi connectivity index (χ4n) is 0.892. The number of hydrogen-bond acceptors (Lipinski definition) is 2. The van der Waals surface area contributed by atoms with Crippen LogP contribution in [-0.4, -0.2) is 4.98 Å². The number of nitrogens with zero attached hydrogens (tertiary/aromatic N) is 1. The second-order valence-electron chi connectivity index (χ2n) is 2.19. The van der Waals surface area contributed by atoms with Crippen LogP contribution in [0.15, 0.2) is 12.3 Å². The van der Waals surface area contributed by atoms with Crippen LogP contribution >= 0.6 is 15.9 Å². The fraction of sp³-hybridized carbons (Fsp3) is 0.286. The molecule has 0 fully saturated rings. The normalized spacial score (nSPS) is 10.7. The summed E-state index contributed by atoms with van der Waals surface area (Å²) in [6.07, 6.45) is -1.15. The monoisotopic (exact) mass is 236 g/mol. The summed E-state index contributed by atoms with van der Waals surface area (Å²) in [6, 6.07) is 1.37. The Bertz CT molecular complexity index is 278. The number of rotatable bonds is 2. The van der Waals surface area contributed by atoms with Crippen molar-refractivity contribution in [2.45, 2.75) is 11.8 Å². The molecule has 1 heterocycles. The second-order valence-corrected chi connectivity index (χ2v) is 2.76. The van der Waals surface area contributed by atoms with Gasteiger partial charge in [-0.15, -0.1) is 0 Å². The highest BCUT2D eigenvalue weighted by molar-refractivity contribution is 9.08. The van der Waals surface area contributed by atoms with Crippen molar-refractivity contribution in [2.75, 3.05) is 5.73 Å². The number of nitrogens with two attached hydrogens (primary N) is 1. The molecule has 0 saturated heterocycles. The number of alkyl halides is 3. The summed E-state index contributed by atoms with van der Waals surface area (Å²) in [5.41, 5.74) is 5.57. The van der Waals surface area contributed by atoms with E-state index in [0.717, 1.165) is 0 Å².